The third-order valence-electron chi connectivity index (χ3n) is 6.82. The first kappa shape index (κ1) is 23.7. The van der Waals surface area contributed by atoms with Gasteiger partial charge in [0.05, 0.1) is 4.90 Å². The number of ether oxygens (including phenoxy) is 1. The van der Waals surface area contributed by atoms with E-state index in [-0.39, 0.29) is 17.0 Å². The average molecular weight is 468 g/mol. The van der Waals surface area contributed by atoms with Crippen molar-refractivity contribution in [3.8, 4) is 0 Å². The summed E-state index contributed by atoms with van der Waals surface area (Å²) in [5.41, 5.74) is 1.00. The van der Waals surface area contributed by atoms with Gasteiger partial charge in [-0.15, -0.1) is 0 Å². The van der Waals surface area contributed by atoms with Gasteiger partial charge in [0.25, 0.3) is 0 Å². The minimum absolute atomic E-state index is 0.0793. The van der Waals surface area contributed by atoms with Crippen molar-refractivity contribution in [2.45, 2.75) is 75.0 Å². The molecular formula is C27H33NO4S. The van der Waals surface area contributed by atoms with Crippen LogP contribution < -0.4 is 0 Å². The van der Waals surface area contributed by atoms with Crippen molar-refractivity contribution in [2.75, 3.05) is 6.54 Å². The van der Waals surface area contributed by atoms with E-state index in [4.69, 9.17) is 4.74 Å². The van der Waals surface area contributed by atoms with E-state index in [1.807, 2.05) is 37.3 Å². The molecular weight excluding hydrogens is 434 g/mol. The maximum absolute atomic E-state index is 13.6. The van der Waals surface area contributed by atoms with Gasteiger partial charge in [0.1, 0.15) is 11.6 Å². The Kier molecular flexibility index (Phi) is 7.35. The molecule has 1 aliphatic carbocycles. The maximum Gasteiger partial charge on any atom is 0.330 e. The molecule has 0 spiro atoms. The smallest absolute Gasteiger partial charge is 0.330 e. The quantitative estimate of drug-likeness (QED) is 0.524. The van der Waals surface area contributed by atoms with Gasteiger partial charge in [-0.05, 0) is 75.8 Å². The number of hydrogen-bond donors (Lipinski definition) is 0. The number of aryl methyl sites for hydroxylation is 1. The van der Waals surface area contributed by atoms with Gasteiger partial charge in [0.15, 0.2) is 9.84 Å². The number of rotatable bonds is 7. The predicted octanol–water partition coefficient (Wildman–Crippen LogP) is 5.19. The van der Waals surface area contributed by atoms with Crippen molar-refractivity contribution in [3.63, 3.8) is 0 Å². The minimum atomic E-state index is -3.68. The van der Waals surface area contributed by atoms with Crippen LogP contribution in [0, 0.1) is 6.92 Å². The normalized spacial score (nSPS) is 22.6. The van der Waals surface area contributed by atoms with Gasteiger partial charge in [0.2, 0.25) is 0 Å². The predicted molar refractivity (Wildman–Crippen MR) is 129 cm³/mol. The van der Waals surface area contributed by atoms with Crippen molar-refractivity contribution in [3.05, 3.63) is 77.2 Å². The highest BCUT2D eigenvalue weighted by Gasteiger charge is 2.47. The fourth-order valence-electron chi connectivity index (χ4n) is 4.85. The molecule has 1 atom stereocenters. The molecule has 0 bridgehead atoms. The second-order valence-corrected chi connectivity index (χ2v) is 11.1. The second-order valence-electron chi connectivity index (χ2n) is 9.26. The van der Waals surface area contributed by atoms with E-state index in [1.165, 1.54) is 11.8 Å². The molecule has 1 aliphatic heterocycles. The average Bonchev–Trinajstić information content (AvgIpc) is 3.23. The fraction of sp³-hybridized carbons (Fsp3) is 0.444. The molecule has 5 nitrogen and oxygen atoms in total. The summed E-state index contributed by atoms with van der Waals surface area (Å²) in [6.45, 7) is 3.20. The lowest BCUT2D eigenvalue weighted by Gasteiger charge is -2.36. The Morgan fingerprint density at radius 2 is 1.73 bits per heavy atom. The van der Waals surface area contributed by atoms with Crippen LogP contribution in [0.1, 0.15) is 56.1 Å². The zero-order valence-electron chi connectivity index (χ0n) is 19.3. The van der Waals surface area contributed by atoms with E-state index >= 15 is 0 Å². The van der Waals surface area contributed by atoms with Crippen LogP contribution in [0.2, 0.25) is 0 Å². The number of benzene rings is 2. The zero-order valence-corrected chi connectivity index (χ0v) is 20.1. The van der Waals surface area contributed by atoms with Crippen LogP contribution in [0.15, 0.2) is 71.0 Å². The lowest BCUT2D eigenvalue weighted by molar-refractivity contribution is -0.161. The van der Waals surface area contributed by atoms with Gasteiger partial charge in [0, 0.05) is 12.0 Å². The Morgan fingerprint density at radius 1 is 1.03 bits per heavy atom. The van der Waals surface area contributed by atoms with Crippen LogP contribution in [0.25, 0.3) is 0 Å². The number of esters is 1. The number of carbonyl (C=O) groups excluding carboxylic acids is 1. The third kappa shape index (κ3) is 5.56. The summed E-state index contributed by atoms with van der Waals surface area (Å²) in [6.07, 6.45) is 7.93. The molecule has 2 aliphatic rings. The summed E-state index contributed by atoms with van der Waals surface area (Å²) in [4.78, 5) is 15.9. The molecule has 0 radical (unpaired) electrons. The second kappa shape index (κ2) is 10.2. The molecule has 33 heavy (non-hydrogen) atoms. The van der Waals surface area contributed by atoms with Crippen LogP contribution in [0.3, 0.4) is 0 Å². The lowest BCUT2D eigenvalue weighted by Crippen LogP contribution is -2.50. The largest absolute Gasteiger partial charge is 0.461 e. The number of nitrogens with zero attached hydrogens (tertiary/aromatic N) is 1. The van der Waals surface area contributed by atoms with E-state index in [0.717, 1.165) is 43.2 Å². The molecule has 6 heteroatoms. The maximum atomic E-state index is 13.6. The first-order valence-corrected chi connectivity index (χ1v) is 13.4. The SMILES string of the molecule is Cc1ccc(S(=O)(=O)/C=C/[C@@]2(C(=O)OC3CCCCC3)CCCN2Cc2ccccc2)cc1. The Morgan fingerprint density at radius 3 is 2.42 bits per heavy atom. The van der Waals surface area contributed by atoms with E-state index < -0.39 is 15.4 Å². The van der Waals surface area contributed by atoms with Crippen molar-refractivity contribution < 1.29 is 17.9 Å². The van der Waals surface area contributed by atoms with Crippen LogP contribution in [-0.2, 0) is 25.9 Å². The summed E-state index contributed by atoms with van der Waals surface area (Å²) in [5, 5.41) is 1.21. The summed E-state index contributed by atoms with van der Waals surface area (Å²) >= 11 is 0. The summed E-state index contributed by atoms with van der Waals surface area (Å²) in [6, 6.07) is 16.8. The summed E-state index contributed by atoms with van der Waals surface area (Å²) in [7, 11) is -3.68. The molecule has 1 heterocycles. The summed E-state index contributed by atoms with van der Waals surface area (Å²) in [5.74, 6) is -0.321. The highest BCUT2D eigenvalue weighted by molar-refractivity contribution is 7.94. The number of sulfone groups is 1. The molecule has 4 rings (SSSR count). The molecule has 0 amide bonds. The van der Waals surface area contributed by atoms with Crippen molar-refractivity contribution in [1.82, 2.24) is 4.90 Å². The lowest BCUT2D eigenvalue weighted by atomic mass is 9.94. The Hall–Kier alpha value is -2.44. The molecule has 176 valence electrons. The number of carbonyl (C=O) groups is 1. The van der Waals surface area contributed by atoms with Crippen LogP contribution >= 0.6 is 0 Å². The standard InChI is InChI=1S/C27H33NO4S/c1-22-13-15-25(16-14-22)33(30,31)20-18-27(26(29)32-24-11-6-3-7-12-24)17-8-19-28(27)21-23-9-4-2-5-10-23/h2,4-5,9-10,13-16,18,20,24H,3,6-8,11-12,17,19,21H2,1H3/b20-18+/t27-/m1/s1. The van der Waals surface area contributed by atoms with Gasteiger partial charge in [-0.25, -0.2) is 13.2 Å². The molecule has 0 unspecified atom stereocenters. The van der Waals surface area contributed by atoms with Crippen molar-refractivity contribution in [1.29, 1.82) is 0 Å². The summed E-state index contributed by atoms with van der Waals surface area (Å²) < 4.78 is 32.1. The van der Waals surface area contributed by atoms with Crippen molar-refractivity contribution >= 4 is 15.8 Å². The van der Waals surface area contributed by atoms with Gasteiger partial charge in [-0.1, -0.05) is 54.4 Å². The van der Waals surface area contributed by atoms with Gasteiger partial charge < -0.3 is 4.74 Å². The number of likely N-dealkylation sites (tertiary alicyclic amines) is 1. The van der Waals surface area contributed by atoms with E-state index in [2.05, 4.69) is 4.90 Å². The van der Waals surface area contributed by atoms with E-state index in [1.54, 1.807) is 30.3 Å². The molecule has 0 N–H and O–H groups in total. The topological polar surface area (TPSA) is 63.7 Å². The molecule has 2 aromatic carbocycles. The molecule has 1 saturated carbocycles. The number of hydrogen-bond acceptors (Lipinski definition) is 5. The van der Waals surface area contributed by atoms with Crippen molar-refractivity contribution in [2.24, 2.45) is 0 Å². The Balaban J connectivity index is 1.64. The van der Waals surface area contributed by atoms with Crippen LogP contribution in [-0.4, -0.2) is 37.5 Å². The highest BCUT2D eigenvalue weighted by atomic mass is 32.2. The minimum Gasteiger partial charge on any atom is -0.461 e. The van der Waals surface area contributed by atoms with E-state index in [9.17, 15) is 13.2 Å². The van der Waals surface area contributed by atoms with Crippen LogP contribution in [0.5, 0.6) is 0 Å². The zero-order chi connectivity index (χ0) is 23.3. The molecule has 0 aromatic heterocycles. The Labute approximate surface area is 197 Å². The van der Waals surface area contributed by atoms with Crippen LogP contribution in [0.4, 0.5) is 0 Å². The molecule has 1 saturated heterocycles. The van der Waals surface area contributed by atoms with Gasteiger partial charge in [-0.3, -0.25) is 4.90 Å². The third-order valence-corrected chi connectivity index (χ3v) is 8.24. The molecule has 2 fully saturated rings. The fourth-order valence-corrected chi connectivity index (χ4v) is 5.93. The van der Waals surface area contributed by atoms with Gasteiger partial charge in [-0.2, -0.15) is 0 Å². The highest BCUT2D eigenvalue weighted by Crippen LogP contribution is 2.36. The molecule has 2 aromatic rings. The Bertz CT molecular complexity index is 1070. The van der Waals surface area contributed by atoms with E-state index in [0.29, 0.717) is 19.5 Å². The van der Waals surface area contributed by atoms with Gasteiger partial charge >= 0.3 is 5.97 Å². The first-order valence-electron chi connectivity index (χ1n) is 11.9. The first-order chi connectivity index (χ1) is 15.9. The monoisotopic (exact) mass is 467 g/mol.